The molecule has 4 aliphatic rings. The van der Waals surface area contributed by atoms with E-state index in [2.05, 4.69) is 31.4 Å². The van der Waals surface area contributed by atoms with Crippen LogP contribution in [0.25, 0.3) is 11.0 Å². The highest BCUT2D eigenvalue weighted by molar-refractivity contribution is 5.78. The molecule has 2 bridgehead atoms. The zero-order valence-corrected chi connectivity index (χ0v) is 24.1. The standard InChI is InChI=1S/C32H47N5O2/c1-23(38)21-34(2)27-17-18-35(22-27)31-32(39)37(30-16-9-8-15-29(30)33-31)28-19-25-13-10-14-26(20-28)36(25)24-11-6-4-3-5-7-12-24/h8-9,15-16,24-28H,3-7,10-14,17-22H2,1-2H3/t25-,26+,27-,28?/m0/s1. The summed E-state index contributed by atoms with van der Waals surface area (Å²) in [5.74, 6) is 0.776. The smallest absolute Gasteiger partial charge is 0.294 e. The van der Waals surface area contributed by atoms with E-state index in [1.165, 1.54) is 64.2 Å². The maximum Gasteiger partial charge on any atom is 0.294 e. The molecule has 6 rings (SSSR count). The third kappa shape index (κ3) is 5.54. The van der Waals surface area contributed by atoms with Crippen molar-refractivity contribution in [1.29, 1.82) is 0 Å². The Morgan fingerprint density at radius 2 is 1.56 bits per heavy atom. The van der Waals surface area contributed by atoms with E-state index in [0.29, 0.717) is 24.4 Å². The SMILES string of the molecule is CC(=O)CN(C)[C@H]1CCN(c2nc3ccccc3n(C3C[C@H]4CCC[C@@H](C3)N4C3CCCCCCC3)c2=O)C1. The predicted molar refractivity (Wildman–Crippen MR) is 158 cm³/mol. The lowest BCUT2D eigenvalue weighted by molar-refractivity contribution is -0.118. The first-order chi connectivity index (χ1) is 19.0. The van der Waals surface area contributed by atoms with Crippen LogP contribution in [0.1, 0.15) is 96.4 Å². The summed E-state index contributed by atoms with van der Waals surface area (Å²) in [4.78, 5) is 38.2. The van der Waals surface area contributed by atoms with Crippen LogP contribution in [0.2, 0.25) is 0 Å². The summed E-state index contributed by atoms with van der Waals surface area (Å²) in [7, 11) is 2.02. The molecule has 3 saturated heterocycles. The molecule has 0 N–H and O–H groups in total. The maximum atomic E-state index is 14.3. The van der Waals surface area contributed by atoms with E-state index < -0.39 is 0 Å². The van der Waals surface area contributed by atoms with Gasteiger partial charge in [-0.15, -0.1) is 0 Å². The number of carbonyl (C=O) groups excluding carboxylic acids is 1. The zero-order valence-electron chi connectivity index (χ0n) is 24.1. The molecule has 0 spiro atoms. The summed E-state index contributed by atoms with van der Waals surface area (Å²) >= 11 is 0. The van der Waals surface area contributed by atoms with Crippen molar-refractivity contribution in [2.75, 3.05) is 31.6 Å². The normalized spacial score (nSPS) is 29.1. The second-order valence-electron chi connectivity index (χ2n) is 12.9. The number of ketones is 1. The number of Topliss-reactive ketones (excluding diaryl/α,β-unsaturated/α-hetero) is 1. The summed E-state index contributed by atoms with van der Waals surface area (Å²) in [5.41, 5.74) is 1.98. The van der Waals surface area contributed by atoms with Crippen molar-refractivity contribution in [1.82, 2.24) is 19.4 Å². The molecule has 1 saturated carbocycles. The lowest BCUT2D eigenvalue weighted by atomic mass is 9.79. The fourth-order valence-electron chi connectivity index (χ4n) is 8.41. The van der Waals surface area contributed by atoms with Gasteiger partial charge in [0, 0.05) is 43.3 Å². The Bertz CT molecular complexity index is 1200. The third-order valence-corrected chi connectivity index (χ3v) is 10.2. The minimum absolute atomic E-state index is 0.0750. The molecule has 7 nitrogen and oxygen atoms in total. The maximum absolute atomic E-state index is 14.3. The van der Waals surface area contributed by atoms with E-state index in [0.717, 1.165) is 49.4 Å². The average molecular weight is 534 g/mol. The molecule has 0 radical (unpaired) electrons. The van der Waals surface area contributed by atoms with Gasteiger partial charge in [-0.3, -0.25) is 19.4 Å². The Balaban J connectivity index is 1.29. The molecule has 7 heteroatoms. The van der Waals surface area contributed by atoms with E-state index in [1.54, 1.807) is 6.92 Å². The van der Waals surface area contributed by atoms with Gasteiger partial charge in [-0.05, 0) is 71.0 Å². The topological polar surface area (TPSA) is 61.7 Å². The Morgan fingerprint density at radius 1 is 0.897 bits per heavy atom. The summed E-state index contributed by atoms with van der Waals surface area (Å²) in [6, 6.07) is 10.6. The molecule has 4 atom stereocenters. The van der Waals surface area contributed by atoms with Crippen molar-refractivity contribution >= 4 is 22.6 Å². The number of benzene rings is 1. The van der Waals surface area contributed by atoms with E-state index in [-0.39, 0.29) is 23.4 Å². The molecule has 39 heavy (non-hydrogen) atoms. The van der Waals surface area contributed by atoms with Crippen molar-refractivity contribution in [3.8, 4) is 0 Å². The number of hydrogen-bond donors (Lipinski definition) is 0. The molecule has 1 aliphatic carbocycles. The lowest BCUT2D eigenvalue weighted by Gasteiger charge is -2.53. The van der Waals surface area contributed by atoms with Gasteiger partial charge in [0.05, 0.1) is 17.6 Å². The van der Waals surface area contributed by atoms with E-state index in [4.69, 9.17) is 4.98 Å². The van der Waals surface area contributed by atoms with E-state index in [9.17, 15) is 9.59 Å². The van der Waals surface area contributed by atoms with Crippen molar-refractivity contribution in [2.45, 2.75) is 121 Å². The second-order valence-corrected chi connectivity index (χ2v) is 12.9. The molecule has 0 amide bonds. The van der Waals surface area contributed by atoms with Crippen LogP contribution in [0, 0.1) is 0 Å². The molecule has 1 aromatic carbocycles. The monoisotopic (exact) mass is 533 g/mol. The predicted octanol–water partition coefficient (Wildman–Crippen LogP) is 5.17. The first-order valence-electron chi connectivity index (χ1n) is 15.7. The molecular formula is C32H47N5O2. The number of para-hydroxylation sites is 2. The van der Waals surface area contributed by atoms with Crippen LogP contribution in [0.3, 0.4) is 0 Å². The van der Waals surface area contributed by atoms with Crippen molar-refractivity contribution < 1.29 is 4.79 Å². The molecular weight excluding hydrogens is 486 g/mol. The number of rotatable bonds is 6. The highest BCUT2D eigenvalue weighted by Gasteiger charge is 2.43. The number of carbonyl (C=O) groups is 1. The first kappa shape index (κ1) is 26.9. The second kappa shape index (κ2) is 11.7. The van der Waals surface area contributed by atoms with Crippen LogP contribution >= 0.6 is 0 Å². The van der Waals surface area contributed by atoms with Crippen molar-refractivity contribution in [3.63, 3.8) is 0 Å². The highest BCUT2D eigenvalue weighted by Crippen LogP contribution is 2.43. The van der Waals surface area contributed by atoms with E-state index in [1.807, 2.05) is 19.2 Å². The Hall–Kier alpha value is -2.25. The molecule has 4 fully saturated rings. The zero-order chi connectivity index (χ0) is 26.9. The molecule has 3 aliphatic heterocycles. The number of nitrogens with zero attached hydrogens (tertiary/aromatic N) is 5. The quantitative estimate of drug-likeness (QED) is 0.511. The Kier molecular flexibility index (Phi) is 8.08. The summed E-state index contributed by atoms with van der Waals surface area (Å²) < 4.78 is 2.14. The summed E-state index contributed by atoms with van der Waals surface area (Å²) in [5, 5.41) is 0. The van der Waals surface area contributed by atoms with Gasteiger partial charge >= 0.3 is 0 Å². The third-order valence-electron chi connectivity index (χ3n) is 10.2. The average Bonchev–Trinajstić information content (AvgIpc) is 3.38. The highest BCUT2D eigenvalue weighted by atomic mass is 16.1. The number of fused-ring (bicyclic) bond motifs is 3. The van der Waals surface area contributed by atoms with Crippen LogP contribution in [0.5, 0.6) is 0 Å². The van der Waals surface area contributed by atoms with Gasteiger partial charge in [-0.1, -0.05) is 50.7 Å². The van der Waals surface area contributed by atoms with Gasteiger partial charge in [0.1, 0.15) is 5.78 Å². The molecule has 2 aromatic rings. The van der Waals surface area contributed by atoms with Crippen LogP contribution in [0.4, 0.5) is 5.82 Å². The summed E-state index contributed by atoms with van der Waals surface area (Å²) in [6.07, 6.45) is 16.6. The van der Waals surface area contributed by atoms with Gasteiger partial charge in [-0.2, -0.15) is 0 Å². The molecule has 1 aromatic heterocycles. The Morgan fingerprint density at radius 3 is 2.28 bits per heavy atom. The number of piperidine rings is 2. The fourth-order valence-corrected chi connectivity index (χ4v) is 8.41. The largest absolute Gasteiger partial charge is 0.350 e. The van der Waals surface area contributed by atoms with Crippen LogP contribution in [0.15, 0.2) is 29.1 Å². The van der Waals surface area contributed by atoms with Gasteiger partial charge in [0.2, 0.25) is 0 Å². The first-order valence-corrected chi connectivity index (χ1v) is 15.7. The van der Waals surface area contributed by atoms with Gasteiger partial charge in [-0.25, -0.2) is 4.98 Å². The molecule has 1 unspecified atom stereocenters. The molecule has 4 heterocycles. The van der Waals surface area contributed by atoms with Gasteiger partial charge in [0.15, 0.2) is 5.82 Å². The van der Waals surface area contributed by atoms with Gasteiger partial charge < -0.3 is 9.47 Å². The van der Waals surface area contributed by atoms with Crippen LogP contribution < -0.4 is 10.5 Å². The fraction of sp³-hybridized carbons (Fsp3) is 0.719. The van der Waals surface area contributed by atoms with E-state index >= 15 is 0 Å². The Labute approximate surface area is 233 Å². The number of aromatic nitrogens is 2. The minimum atomic E-state index is 0.0750. The number of likely N-dealkylation sites (N-methyl/N-ethyl adjacent to an activating group) is 1. The number of hydrogen-bond acceptors (Lipinski definition) is 6. The van der Waals surface area contributed by atoms with Gasteiger partial charge in [0.25, 0.3) is 5.56 Å². The van der Waals surface area contributed by atoms with Crippen LogP contribution in [-0.2, 0) is 4.79 Å². The minimum Gasteiger partial charge on any atom is -0.350 e. The number of anilines is 1. The lowest BCUT2D eigenvalue weighted by Crippen LogP contribution is -2.57. The van der Waals surface area contributed by atoms with Crippen molar-refractivity contribution in [3.05, 3.63) is 34.6 Å². The van der Waals surface area contributed by atoms with Crippen molar-refractivity contribution in [2.24, 2.45) is 0 Å². The van der Waals surface area contributed by atoms with Crippen LogP contribution in [-0.4, -0.2) is 76.0 Å². The summed E-state index contributed by atoms with van der Waals surface area (Å²) in [6.45, 7) is 3.65. The molecule has 212 valence electrons.